The van der Waals surface area contributed by atoms with Crippen molar-refractivity contribution in [2.45, 2.75) is 52.5 Å². The van der Waals surface area contributed by atoms with Crippen molar-refractivity contribution in [1.29, 1.82) is 0 Å². The van der Waals surface area contributed by atoms with Gasteiger partial charge < -0.3 is 5.32 Å². The largest absolute Gasteiger partial charge is 0.312 e. The van der Waals surface area contributed by atoms with Crippen LogP contribution in [0.2, 0.25) is 5.02 Å². The summed E-state index contributed by atoms with van der Waals surface area (Å²) in [6.45, 7) is 9.68. The van der Waals surface area contributed by atoms with Crippen molar-refractivity contribution >= 4 is 11.6 Å². The van der Waals surface area contributed by atoms with Crippen LogP contribution in [0.5, 0.6) is 0 Å². The van der Waals surface area contributed by atoms with Gasteiger partial charge in [0.2, 0.25) is 0 Å². The van der Waals surface area contributed by atoms with E-state index in [1.54, 1.807) is 0 Å². The second-order valence-electron chi connectivity index (χ2n) is 6.75. The number of rotatable bonds is 4. The van der Waals surface area contributed by atoms with Crippen molar-refractivity contribution in [3.8, 4) is 0 Å². The molecule has 1 aromatic heterocycles. The molecule has 0 aliphatic heterocycles. The first kappa shape index (κ1) is 13.9. The summed E-state index contributed by atoms with van der Waals surface area (Å²) in [5.41, 5.74) is 2.70. The molecule has 0 aromatic carbocycles. The quantitative estimate of drug-likeness (QED) is 0.910. The molecule has 0 saturated heterocycles. The number of aryl methyl sites for hydroxylation is 2. The molecule has 18 heavy (non-hydrogen) atoms. The predicted octanol–water partition coefficient (Wildman–Crippen LogP) is 3.09. The monoisotopic (exact) mass is 269 g/mol. The fourth-order valence-corrected chi connectivity index (χ4v) is 2.50. The lowest BCUT2D eigenvalue weighted by atomic mass is 9.98. The van der Waals surface area contributed by atoms with Crippen molar-refractivity contribution in [1.82, 2.24) is 15.1 Å². The molecule has 102 valence electrons. The Bertz CT molecular complexity index is 439. The number of hydrogen-bond donors (Lipinski definition) is 1. The van der Waals surface area contributed by atoms with E-state index in [-0.39, 0.29) is 5.54 Å². The normalized spacial score (nSPS) is 18.1. The molecular weight excluding hydrogens is 246 g/mol. The third-order valence-electron chi connectivity index (χ3n) is 3.75. The fourth-order valence-electron chi connectivity index (χ4n) is 2.27. The summed E-state index contributed by atoms with van der Waals surface area (Å²) in [5, 5.41) is 8.86. The van der Waals surface area contributed by atoms with Gasteiger partial charge in [0.25, 0.3) is 0 Å². The Labute approximate surface area is 115 Å². The zero-order valence-corrected chi connectivity index (χ0v) is 12.9. The van der Waals surface area contributed by atoms with E-state index in [1.165, 1.54) is 18.5 Å². The first-order valence-electron chi connectivity index (χ1n) is 6.65. The average molecular weight is 270 g/mol. The lowest BCUT2D eigenvalue weighted by Gasteiger charge is -2.25. The van der Waals surface area contributed by atoms with Crippen LogP contribution in [0.4, 0.5) is 0 Å². The Balaban J connectivity index is 2.05. The molecule has 3 nitrogen and oxygen atoms in total. The Kier molecular flexibility index (Phi) is 3.50. The molecule has 1 fully saturated rings. The van der Waals surface area contributed by atoms with Crippen LogP contribution in [0.3, 0.4) is 0 Å². The van der Waals surface area contributed by atoms with Crippen LogP contribution in [0.1, 0.15) is 45.0 Å². The van der Waals surface area contributed by atoms with E-state index in [0.717, 1.165) is 23.7 Å². The number of hydrogen-bond acceptors (Lipinski definition) is 2. The van der Waals surface area contributed by atoms with Gasteiger partial charge >= 0.3 is 0 Å². The fraction of sp³-hybridized carbons (Fsp3) is 0.786. The molecule has 0 unspecified atom stereocenters. The Morgan fingerprint density at radius 1 is 1.39 bits per heavy atom. The molecule has 1 aliphatic carbocycles. The smallest absolute Gasteiger partial charge is 0.0847 e. The standard InChI is InChI=1S/C14H24ClN3/c1-10-12(15)11(18(5)17-10)8-14(6-7-14)9-16-13(2,3)4/h16H,6-9H2,1-5H3. The molecule has 0 atom stereocenters. The van der Waals surface area contributed by atoms with Crippen LogP contribution in [0, 0.1) is 12.3 Å². The summed E-state index contributed by atoms with van der Waals surface area (Å²) < 4.78 is 1.94. The zero-order valence-electron chi connectivity index (χ0n) is 12.1. The molecule has 1 heterocycles. The summed E-state index contributed by atoms with van der Waals surface area (Å²) in [7, 11) is 1.99. The molecule has 4 heteroatoms. The van der Waals surface area contributed by atoms with Crippen molar-refractivity contribution < 1.29 is 0 Å². The molecule has 1 N–H and O–H groups in total. The molecular formula is C14H24ClN3. The maximum Gasteiger partial charge on any atom is 0.0847 e. The molecule has 1 saturated carbocycles. The topological polar surface area (TPSA) is 29.9 Å². The van der Waals surface area contributed by atoms with Crippen LogP contribution < -0.4 is 5.32 Å². The highest BCUT2D eigenvalue weighted by molar-refractivity contribution is 6.31. The Morgan fingerprint density at radius 3 is 2.39 bits per heavy atom. The molecule has 1 aliphatic rings. The molecule has 1 aromatic rings. The lowest BCUT2D eigenvalue weighted by Crippen LogP contribution is -2.40. The van der Waals surface area contributed by atoms with Gasteiger partial charge in [0, 0.05) is 19.1 Å². The Morgan fingerprint density at radius 2 is 2.00 bits per heavy atom. The van der Waals surface area contributed by atoms with E-state index in [2.05, 4.69) is 31.2 Å². The highest BCUT2D eigenvalue weighted by atomic mass is 35.5. The van der Waals surface area contributed by atoms with E-state index in [9.17, 15) is 0 Å². The van der Waals surface area contributed by atoms with Crippen LogP contribution in [0.25, 0.3) is 0 Å². The van der Waals surface area contributed by atoms with Crippen molar-refractivity contribution in [3.63, 3.8) is 0 Å². The summed E-state index contributed by atoms with van der Waals surface area (Å²) in [6.07, 6.45) is 3.61. The van der Waals surface area contributed by atoms with Gasteiger partial charge in [-0.05, 0) is 52.4 Å². The number of halogens is 1. The zero-order chi connectivity index (χ0) is 13.6. The van der Waals surface area contributed by atoms with Crippen LogP contribution in [-0.4, -0.2) is 21.9 Å². The molecule has 0 amide bonds. The maximum absolute atomic E-state index is 6.33. The van der Waals surface area contributed by atoms with Crippen LogP contribution >= 0.6 is 11.6 Å². The number of nitrogens with zero attached hydrogens (tertiary/aromatic N) is 2. The first-order chi connectivity index (χ1) is 8.22. The van der Waals surface area contributed by atoms with Crippen LogP contribution in [-0.2, 0) is 13.5 Å². The highest BCUT2D eigenvalue weighted by Gasteiger charge is 2.44. The minimum atomic E-state index is 0.182. The molecule has 0 radical (unpaired) electrons. The van der Waals surface area contributed by atoms with Gasteiger partial charge in [-0.15, -0.1) is 0 Å². The Hall–Kier alpha value is -0.540. The second kappa shape index (κ2) is 4.53. The molecule has 0 bridgehead atoms. The van der Waals surface area contributed by atoms with E-state index in [4.69, 9.17) is 11.6 Å². The van der Waals surface area contributed by atoms with Gasteiger partial charge in [-0.25, -0.2) is 0 Å². The summed E-state index contributed by atoms with van der Waals surface area (Å²) in [4.78, 5) is 0. The van der Waals surface area contributed by atoms with Gasteiger partial charge in [-0.1, -0.05) is 11.6 Å². The lowest BCUT2D eigenvalue weighted by molar-refractivity contribution is 0.352. The minimum Gasteiger partial charge on any atom is -0.312 e. The van der Waals surface area contributed by atoms with Crippen LogP contribution in [0.15, 0.2) is 0 Å². The summed E-state index contributed by atoms with van der Waals surface area (Å²) in [5.74, 6) is 0. The van der Waals surface area contributed by atoms with Gasteiger partial charge in [0.1, 0.15) is 0 Å². The van der Waals surface area contributed by atoms with E-state index < -0.39 is 0 Å². The number of nitrogens with one attached hydrogen (secondary N) is 1. The van der Waals surface area contributed by atoms with Gasteiger partial charge in [0.15, 0.2) is 0 Å². The van der Waals surface area contributed by atoms with E-state index in [0.29, 0.717) is 5.41 Å². The molecule has 2 rings (SSSR count). The minimum absolute atomic E-state index is 0.182. The summed E-state index contributed by atoms with van der Waals surface area (Å²) in [6, 6.07) is 0. The van der Waals surface area contributed by atoms with Crippen molar-refractivity contribution in [2.24, 2.45) is 12.5 Å². The first-order valence-corrected chi connectivity index (χ1v) is 7.03. The van der Waals surface area contributed by atoms with Crippen molar-refractivity contribution in [3.05, 3.63) is 16.4 Å². The average Bonchev–Trinajstić information content (AvgIpc) is 2.97. The second-order valence-corrected chi connectivity index (χ2v) is 7.13. The van der Waals surface area contributed by atoms with Crippen molar-refractivity contribution in [2.75, 3.05) is 6.54 Å². The van der Waals surface area contributed by atoms with Gasteiger partial charge in [-0.2, -0.15) is 5.10 Å². The predicted molar refractivity (Wildman–Crippen MR) is 76.1 cm³/mol. The molecule has 0 spiro atoms. The SMILES string of the molecule is Cc1nn(C)c(CC2(CNC(C)(C)C)CC2)c1Cl. The number of aromatic nitrogens is 2. The third kappa shape index (κ3) is 3.07. The van der Waals surface area contributed by atoms with Gasteiger partial charge in [0.05, 0.1) is 16.4 Å². The van der Waals surface area contributed by atoms with E-state index >= 15 is 0 Å². The van der Waals surface area contributed by atoms with E-state index in [1.807, 2.05) is 18.7 Å². The third-order valence-corrected chi connectivity index (χ3v) is 4.25. The highest BCUT2D eigenvalue weighted by Crippen LogP contribution is 2.49. The maximum atomic E-state index is 6.33. The van der Waals surface area contributed by atoms with Gasteiger partial charge in [-0.3, -0.25) is 4.68 Å². The summed E-state index contributed by atoms with van der Waals surface area (Å²) >= 11 is 6.33.